The van der Waals surface area contributed by atoms with Crippen LogP contribution >= 0.6 is 0 Å². The van der Waals surface area contributed by atoms with Crippen molar-refractivity contribution in [3.63, 3.8) is 0 Å². The van der Waals surface area contributed by atoms with Crippen LogP contribution in [-0.2, 0) is 9.59 Å². The van der Waals surface area contributed by atoms with E-state index in [1.165, 1.54) is 12.0 Å². The highest BCUT2D eigenvalue weighted by atomic mass is 16.4. The molecule has 148 valence electrons. The Hall–Kier alpha value is -2.72. The number of allylic oxidation sites excluding steroid dienone is 13. The highest BCUT2D eigenvalue weighted by Crippen LogP contribution is 2.01. The maximum absolute atomic E-state index is 10.4. The zero-order valence-electron chi connectivity index (χ0n) is 16.8. The SMILES string of the molecule is CCC/C=C/C(C)=C/C=C/C=C(C)/C=C/C=C(C)/C=C/C(=O)O.O=CCO. The highest BCUT2D eigenvalue weighted by molar-refractivity contribution is 5.80. The van der Waals surface area contributed by atoms with E-state index in [2.05, 4.69) is 32.1 Å². The third-order valence-electron chi connectivity index (χ3n) is 2.95. The van der Waals surface area contributed by atoms with E-state index in [1.807, 2.05) is 50.3 Å². The van der Waals surface area contributed by atoms with Crippen LogP contribution in [0.2, 0.25) is 0 Å². The number of hydrogen-bond acceptors (Lipinski definition) is 3. The molecule has 4 nitrogen and oxygen atoms in total. The summed E-state index contributed by atoms with van der Waals surface area (Å²) < 4.78 is 0. The van der Waals surface area contributed by atoms with Gasteiger partial charge in [0.05, 0.1) is 6.61 Å². The average molecular weight is 373 g/mol. The molecule has 0 fully saturated rings. The van der Waals surface area contributed by atoms with E-state index in [9.17, 15) is 4.79 Å². The number of hydrogen-bond donors (Lipinski definition) is 2. The van der Waals surface area contributed by atoms with Gasteiger partial charge in [-0.2, -0.15) is 0 Å². The van der Waals surface area contributed by atoms with Gasteiger partial charge in [0.15, 0.2) is 0 Å². The minimum Gasteiger partial charge on any atom is -0.478 e. The van der Waals surface area contributed by atoms with E-state index < -0.39 is 5.97 Å². The van der Waals surface area contributed by atoms with E-state index in [0.29, 0.717) is 6.29 Å². The standard InChI is InChI=1S/C21H28O2.C2H4O2/c1-5-6-7-11-18(2)12-8-9-13-19(3)14-10-15-20(4)16-17-21(22)23;3-1-2-4/h7-17H,5-6H2,1-4H3,(H,22,23);1,4H,2H2/b9-8+,11-7+,14-10+,17-16+,18-12+,19-13+,20-15+;. The Morgan fingerprint density at radius 1 is 0.815 bits per heavy atom. The Morgan fingerprint density at radius 3 is 1.78 bits per heavy atom. The summed E-state index contributed by atoms with van der Waals surface area (Å²) in [5.41, 5.74) is 3.25. The zero-order valence-corrected chi connectivity index (χ0v) is 16.8. The molecule has 4 heteroatoms. The molecule has 0 atom stereocenters. The zero-order chi connectivity index (χ0) is 20.9. The van der Waals surface area contributed by atoms with Crippen molar-refractivity contribution in [2.75, 3.05) is 6.61 Å². The fourth-order valence-corrected chi connectivity index (χ4v) is 1.57. The smallest absolute Gasteiger partial charge is 0.328 e. The average Bonchev–Trinajstić information content (AvgIpc) is 2.64. The van der Waals surface area contributed by atoms with E-state index in [1.54, 1.807) is 6.08 Å². The number of rotatable bonds is 10. The first-order valence-corrected chi connectivity index (χ1v) is 8.86. The number of carboxylic acid groups (broad SMARTS) is 1. The Balaban J connectivity index is 0. The molecule has 2 N–H and O–H groups in total. The Bertz CT molecular complexity index is 627. The molecule has 0 aromatic carbocycles. The Kier molecular flexibility index (Phi) is 19.2. The summed E-state index contributed by atoms with van der Waals surface area (Å²) in [4.78, 5) is 19.3. The maximum atomic E-state index is 10.4. The van der Waals surface area contributed by atoms with Crippen LogP contribution in [0.5, 0.6) is 0 Å². The molecule has 0 saturated carbocycles. The molecule has 0 aromatic heterocycles. The topological polar surface area (TPSA) is 74.6 Å². The second-order valence-electron chi connectivity index (χ2n) is 5.69. The minimum atomic E-state index is -0.934. The molecule has 0 heterocycles. The summed E-state index contributed by atoms with van der Waals surface area (Å²) in [5, 5.41) is 16.0. The molecule has 0 rings (SSSR count). The summed E-state index contributed by atoms with van der Waals surface area (Å²) >= 11 is 0. The van der Waals surface area contributed by atoms with E-state index in [4.69, 9.17) is 15.0 Å². The van der Waals surface area contributed by atoms with E-state index >= 15 is 0 Å². The number of unbranched alkanes of at least 4 members (excludes halogenated alkanes) is 1. The van der Waals surface area contributed by atoms with Gasteiger partial charge in [-0.25, -0.2) is 4.79 Å². The van der Waals surface area contributed by atoms with Gasteiger partial charge in [-0.3, -0.25) is 0 Å². The monoisotopic (exact) mass is 372 g/mol. The first-order valence-electron chi connectivity index (χ1n) is 8.86. The Labute approximate surface area is 163 Å². The minimum absolute atomic E-state index is 0.361. The quantitative estimate of drug-likeness (QED) is 0.317. The van der Waals surface area contributed by atoms with Crippen LogP contribution in [0.3, 0.4) is 0 Å². The predicted molar refractivity (Wildman–Crippen MR) is 114 cm³/mol. The normalized spacial score (nSPS) is 13.6. The van der Waals surface area contributed by atoms with Crippen LogP contribution in [0.4, 0.5) is 0 Å². The molecule has 0 aliphatic rings. The summed E-state index contributed by atoms with van der Waals surface area (Å²) in [7, 11) is 0. The summed E-state index contributed by atoms with van der Waals surface area (Å²) in [5.74, 6) is -0.934. The summed E-state index contributed by atoms with van der Waals surface area (Å²) in [6.07, 6.45) is 23.7. The molecule has 0 radical (unpaired) electrons. The van der Waals surface area contributed by atoms with Gasteiger partial charge in [-0.1, -0.05) is 90.8 Å². The number of carbonyl (C=O) groups excluding carboxylic acids is 1. The number of carbonyl (C=O) groups is 2. The van der Waals surface area contributed by atoms with Crippen molar-refractivity contribution >= 4 is 12.3 Å². The van der Waals surface area contributed by atoms with Crippen LogP contribution in [0.25, 0.3) is 0 Å². The van der Waals surface area contributed by atoms with Gasteiger partial charge in [0.1, 0.15) is 6.29 Å². The third kappa shape index (κ3) is 23.3. The lowest BCUT2D eigenvalue weighted by molar-refractivity contribution is -0.131. The van der Waals surface area contributed by atoms with Gasteiger partial charge < -0.3 is 15.0 Å². The largest absolute Gasteiger partial charge is 0.478 e. The predicted octanol–water partition coefficient (Wildman–Crippen LogP) is 5.11. The van der Waals surface area contributed by atoms with Gasteiger partial charge in [0.25, 0.3) is 0 Å². The lowest BCUT2D eigenvalue weighted by atomic mass is 10.2. The molecule has 0 aliphatic carbocycles. The third-order valence-corrected chi connectivity index (χ3v) is 2.95. The lowest BCUT2D eigenvalue weighted by Gasteiger charge is -1.90. The molecular formula is C23H32O4. The summed E-state index contributed by atoms with van der Waals surface area (Å²) in [6.45, 7) is 7.78. The van der Waals surface area contributed by atoms with Crippen LogP contribution < -0.4 is 0 Å². The number of carboxylic acids is 1. The number of aldehydes is 1. The van der Waals surface area contributed by atoms with Crippen molar-refractivity contribution in [2.24, 2.45) is 0 Å². The Morgan fingerprint density at radius 2 is 1.30 bits per heavy atom. The number of aliphatic hydroxyl groups is 1. The van der Waals surface area contributed by atoms with Crippen molar-refractivity contribution in [3.8, 4) is 0 Å². The molecule has 0 aliphatic heterocycles. The first kappa shape index (κ1) is 26.5. The van der Waals surface area contributed by atoms with Gasteiger partial charge in [-0.05, 0) is 27.2 Å². The molecule has 0 spiro atoms. The van der Waals surface area contributed by atoms with Gasteiger partial charge in [0.2, 0.25) is 0 Å². The van der Waals surface area contributed by atoms with Crippen molar-refractivity contribution in [1.29, 1.82) is 0 Å². The second kappa shape index (κ2) is 19.6. The van der Waals surface area contributed by atoms with Crippen molar-refractivity contribution in [2.45, 2.75) is 40.5 Å². The van der Waals surface area contributed by atoms with Gasteiger partial charge >= 0.3 is 5.97 Å². The maximum Gasteiger partial charge on any atom is 0.328 e. The second-order valence-corrected chi connectivity index (χ2v) is 5.69. The molecular weight excluding hydrogens is 340 g/mol. The van der Waals surface area contributed by atoms with Crippen LogP contribution in [0.15, 0.2) is 83.6 Å². The molecule has 27 heavy (non-hydrogen) atoms. The fourth-order valence-electron chi connectivity index (χ4n) is 1.57. The van der Waals surface area contributed by atoms with E-state index in [-0.39, 0.29) is 6.61 Å². The van der Waals surface area contributed by atoms with Crippen LogP contribution in [0, 0.1) is 0 Å². The molecule has 0 bridgehead atoms. The molecule has 0 aromatic rings. The number of aliphatic carboxylic acids is 1. The molecule has 0 saturated heterocycles. The fraction of sp³-hybridized carbons (Fsp3) is 0.304. The van der Waals surface area contributed by atoms with Crippen molar-refractivity contribution < 1.29 is 19.8 Å². The molecule has 0 unspecified atom stereocenters. The van der Waals surface area contributed by atoms with Gasteiger partial charge in [-0.15, -0.1) is 0 Å². The van der Waals surface area contributed by atoms with Gasteiger partial charge in [0, 0.05) is 6.08 Å². The van der Waals surface area contributed by atoms with E-state index in [0.717, 1.165) is 23.6 Å². The number of aliphatic hydroxyl groups excluding tert-OH is 1. The first-order chi connectivity index (χ1) is 12.9. The highest BCUT2D eigenvalue weighted by Gasteiger charge is 1.85. The van der Waals surface area contributed by atoms with Crippen molar-refractivity contribution in [3.05, 3.63) is 83.6 Å². The lowest BCUT2D eigenvalue weighted by Crippen LogP contribution is -1.85. The van der Waals surface area contributed by atoms with Crippen LogP contribution in [-0.4, -0.2) is 29.1 Å². The van der Waals surface area contributed by atoms with Crippen LogP contribution in [0.1, 0.15) is 40.5 Å². The van der Waals surface area contributed by atoms with Crippen molar-refractivity contribution in [1.82, 2.24) is 0 Å². The molecule has 0 amide bonds. The summed E-state index contributed by atoms with van der Waals surface area (Å²) in [6, 6.07) is 0.